The van der Waals surface area contributed by atoms with E-state index in [0.717, 1.165) is 25.9 Å². The van der Waals surface area contributed by atoms with Gasteiger partial charge in [0.2, 0.25) is 0 Å². The van der Waals surface area contributed by atoms with E-state index in [4.69, 9.17) is 14.9 Å². The average Bonchev–Trinajstić information content (AvgIpc) is 3.19. The number of aliphatic carboxylic acids is 2. The smallest absolute Gasteiger partial charge is 0.331 e. The summed E-state index contributed by atoms with van der Waals surface area (Å²) in [7, 11) is 0. The largest absolute Gasteiger partial charge is 0.478 e. The van der Waals surface area contributed by atoms with Gasteiger partial charge in [-0.15, -0.1) is 0 Å². The van der Waals surface area contributed by atoms with Gasteiger partial charge in [-0.1, -0.05) is 32.9 Å². The monoisotopic (exact) mass is 284 g/mol. The number of carboxylic acid groups (broad SMARTS) is 2. The summed E-state index contributed by atoms with van der Waals surface area (Å²) in [5.74, 6) is -1.61. The van der Waals surface area contributed by atoms with Gasteiger partial charge in [0.1, 0.15) is 0 Å². The number of carbonyl (C=O) groups is 2. The lowest BCUT2D eigenvalue weighted by atomic mass is 9.98. The minimum atomic E-state index is -0.874. The Kier molecular flexibility index (Phi) is 8.56. The van der Waals surface area contributed by atoms with Crippen LogP contribution < -0.4 is 0 Å². The molecule has 2 unspecified atom stereocenters. The van der Waals surface area contributed by atoms with Crippen LogP contribution in [-0.4, -0.2) is 34.9 Å². The summed E-state index contributed by atoms with van der Waals surface area (Å²) in [5, 5.41) is 16.9. The van der Waals surface area contributed by atoms with E-state index in [1.165, 1.54) is 0 Å². The van der Waals surface area contributed by atoms with Crippen molar-refractivity contribution < 1.29 is 24.5 Å². The minimum Gasteiger partial charge on any atom is -0.478 e. The van der Waals surface area contributed by atoms with Crippen LogP contribution in [0.3, 0.4) is 0 Å². The summed E-state index contributed by atoms with van der Waals surface area (Å²) in [6.45, 7) is 9.76. The minimum absolute atomic E-state index is 0.113. The summed E-state index contributed by atoms with van der Waals surface area (Å²) >= 11 is 0. The van der Waals surface area contributed by atoms with Crippen LogP contribution in [0, 0.1) is 5.92 Å². The SMILES string of the molecule is C/C(=C\CC1CO1)C(=O)O.C=C(C(=O)O)C(C)CCC. The molecule has 5 heteroatoms. The van der Waals surface area contributed by atoms with Crippen molar-refractivity contribution in [1.29, 1.82) is 0 Å². The average molecular weight is 284 g/mol. The predicted octanol–water partition coefficient (Wildman–Crippen LogP) is 2.87. The van der Waals surface area contributed by atoms with Gasteiger partial charge in [-0.3, -0.25) is 0 Å². The van der Waals surface area contributed by atoms with Crippen LogP contribution in [0.15, 0.2) is 23.8 Å². The highest BCUT2D eigenvalue weighted by Gasteiger charge is 2.20. The van der Waals surface area contributed by atoms with E-state index in [1.807, 2.05) is 13.8 Å². The lowest BCUT2D eigenvalue weighted by Crippen LogP contribution is -2.07. The summed E-state index contributed by atoms with van der Waals surface area (Å²) in [5.41, 5.74) is 0.720. The molecule has 0 aliphatic carbocycles. The zero-order chi connectivity index (χ0) is 15.7. The van der Waals surface area contributed by atoms with Crippen molar-refractivity contribution in [3.8, 4) is 0 Å². The van der Waals surface area contributed by atoms with Crippen LogP contribution >= 0.6 is 0 Å². The first kappa shape index (κ1) is 18.4. The van der Waals surface area contributed by atoms with Crippen molar-refractivity contribution >= 4 is 11.9 Å². The van der Waals surface area contributed by atoms with Crippen LogP contribution in [0.2, 0.25) is 0 Å². The third-order valence-corrected chi connectivity index (χ3v) is 3.02. The molecule has 1 rings (SSSR count). The van der Waals surface area contributed by atoms with Gasteiger partial charge in [-0.2, -0.15) is 0 Å². The molecule has 1 saturated heterocycles. The molecule has 1 fully saturated rings. The van der Waals surface area contributed by atoms with Gasteiger partial charge < -0.3 is 14.9 Å². The maximum atomic E-state index is 10.3. The molecule has 0 aromatic rings. The molecule has 1 aliphatic rings. The quantitative estimate of drug-likeness (QED) is 0.554. The van der Waals surface area contributed by atoms with Crippen molar-refractivity contribution in [2.75, 3.05) is 6.61 Å². The molecule has 0 spiro atoms. The lowest BCUT2D eigenvalue weighted by molar-refractivity contribution is -0.133. The van der Waals surface area contributed by atoms with Crippen LogP contribution in [0.5, 0.6) is 0 Å². The number of epoxide rings is 1. The Morgan fingerprint density at radius 3 is 2.30 bits per heavy atom. The normalized spacial score (nSPS) is 18.6. The summed E-state index contributed by atoms with van der Waals surface area (Å²) in [6, 6.07) is 0. The molecule has 0 aromatic heterocycles. The molecular weight excluding hydrogens is 260 g/mol. The van der Waals surface area contributed by atoms with Crippen molar-refractivity contribution in [1.82, 2.24) is 0 Å². The highest BCUT2D eigenvalue weighted by Crippen LogP contribution is 2.15. The molecule has 0 aromatic carbocycles. The van der Waals surface area contributed by atoms with Crippen molar-refractivity contribution in [2.45, 2.75) is 46.1 Å². The highest BCUT2D eigenvalue weighted by atomic mass is 16.6. The molecule has 0 bridgehead atoms. The molecule has 1 heterocycles. The number of ether oxygens (including phenoxy) is 1. The van der Waals surface area contributed by atoms with Crippen LogP contribution in [0.4, 0.5) is 0 Å². The maximum Gasteiger partial charge on any atom is 0.331 e. The van der Waals surface area contributed by atoms with Crippen LogP contribution in [0.25, 0.3) is 0 Å². The topological polar surface area (TPSA) is 87.1 Å². The molecular formula is C15H24O5. The maximum absolute atomic E-state index is 10.3. The molecule has 114 valence electrons. The second-order valence-electron chi connectivity index (χ2n) is 4.90. The lowest BCUT2D eigenvalue weighted by Gasteiger charge is -2.07. The van der Waals surface area contributed by atoms with E-state index in [0.29, 0.717) is 11.1 Å². The van der Waals surface area contributed by atoms with E-state index >= 15 is 0 Å². The van der Waals surface area contributed by atoms with Crippen LogP contribution in [0.1, 0.15) is 40.0 Å². The van der Waals surface area contributed by atoms with Crippen molar-refractivity contribution in [3.63, 3.8) is 0 Å². The van der Waals surface area contributed by atoms with E-state index < -0.39 is 11.9 Å². The molecule has 1 aliphatic heterocycles. The van der Waals surface area contributed by atoms with Gasteiger partial charge in [0, 0.05) is 11.1 Å². The Balaban J connectivity index is 0.000000361. The molecule has 0 amide bonds. The van der Waals surface area contributed by atoms with E-state index in [1.54, 1.807) is 13.0 Å². The predicted molar refractivity (Wildman–Crippen MR) is 76.6 cm³/mol. The summed E-state index contributed by atoms with van der Waals surface area (Å²) in [6.07, 6.45) is 4.63. The second kappa shape index (κ2) is 9.31. The van der Waals surface area contributed by atoms with Gasteiger partial charge >= 0.3 is 11.9 Å². The highest BCUT2D eigenvalue weighted by molar-refractivity contribution is 5.86. The first-order chi connectivity index (χ1) is 9.29. The van der Waals surface area contributed by atoms with Gasteiger partial charge in [-0.05, 0) is 25.7 Å². The molecule has 20 heavy (non-hydrogen) atoms. The second-order valence-corrected chi connectivity index (χ2v) is 4.90. The van der Waals surface area contributed by atoms with Gasteiger partial charge in [-0.25, -0.2) is 9.59 Å². The Hall–Kier alpha value is -1.62. The number of rotatable bonds is 7. The third-order valence-electron chi connectivity index (χ3n) is 3.02. The Labute approximate surface area is 119 Å². The van der Waals surface area contributed by atoms with Crippen LogP contribution in [-0.2, 0) is 14.3 Å². The fourth-order valence-electron chi connectivity index (χ4n) is 1.42. The first-order valence-corrected chi connectivity index (χ1v) is 6.73. The Bertz CT molecular complexity index is 380. The number of hydrogen-bond acceptors (Lipinski definition) is 3. The Morgan fingerprint density at radius 2 is 1.95 bits per heavy atom. The molecule has 2 atom stereocenters. The summed E-state index contributed by atoms with van der Waals surface area (Å²) < 4.78 is 4.90. The standard InChI is InChI=1S/C8H14O2.C7H10O3/c1-4-5-6(2)7(3)8(9)10;1-5(7(8)9)2-3-6-4-10-6/h6H,3-5H2,1-2H3,(H,9,10);2,6H,3-4H2,1H3,(H,8,9)/b;5-2+. The number of carboxylic acids is 2. The number of hydrogen-bond donors (Lipinski definition) is 2. The molecule has 5 nitrogen and oxygen atoms in total. The third kappa shape index (κ3) is 8.48. The van der Waals surface area contributed by atoms with Gasteiger partial charge in [0.05, 0.1) is 12.7 Å². The van der Waals surface area contributed by atoms with Gasteiger partial charge in [0.25, 0.3) is 0 Å². The first-order valence-electron chi connectivity index (χ1n) is 6.73. The molecule has 0 radical (unpaired) electrons. The van der Waals surface area contributed by atoms with E-state index in [2.05, 4.69) is 6.58 Å². The fourth-order valence-corrected chi connectivity index (χ4v) is 1.42. The zero-order valence-corrected chi connectivity index (χ0v) is 12.4. The van der Waals surface area contributed by atoms with E-state index in [-0.39, 0.29) is 12.0 Å². The van der Waals surface area contributed by atoms with E-state index in [9.17, 15) is 9.59 Å². The molecule has 2 N–H and O–H groups in total. The fraction of sp³-hybridized carbons (Fsp3) is 0.600. The van der Waals surface area contributed by atoms with Crippen molar-refractivity contribution in [3.05, 3.63) is 23.8 Å². The van der Waals surface area contributed by atoms with Gasteiger partial charge in [0.15, 0.2) is 0 Å². The summed E-state index contributed by atoms with van der Waals surface area (Å²) in [4.78, 5) is 20.5. The van der Waals surface area contributed by atoms with Crippen molar-refractivity contribution in [2.24, 2.45) is 5.92 Å². The zero-order valence-electron chi connectivity index (χ0n) is 12.4. The Morgan fingerprint density at radius 1 is 1.40 bits per heavy atom. The molecule has 0 saturated carbocycles.